The van der Waals surface area contributed by atoms with Crippen LogP contribution in [0.15, 0.2) is 35.5 Å². The number of hydrogen-bond donors (Lipinski definition) is 0. The average molecular weight is 471 g/mol. The second-order valence-electron chi connectivity index (χ2n) is 8.80. The van der Waals surface area contributed by atoms with E-state index in [2.05, 4.69) is 33.8 Å². The van der Waals surface area contributed by atoms with E-state index >= 15 is 0 Å². The third kappa shape index (κ3) is 6.44. The van der Waals surface area contributed by atoms with Crippen molar-refractivity contribution in [3.8, 4) is 0 Å². The lowest BCUT2D eigenvalue weighted by atomic mass is 10.1. The van der Waals surface area contributed by atoms with Crippen LogP contribution < -0.4 is 4.90 Å². The largest absolute Gasteiger partial charge is 0.378 e. The number of piperazine rings is 2. The summed E-state index contributed by atoms with van der Waals surface area (Å²) >= 11 is 1.62. The molecule has 2 aliphatic rings. The number of ether oxygens (including phenoxy) is 1. The van der Waals surface area contributed by atoms with Crippen molar-refractivity contribution in [1.29, 1.82) is 0 Å². The molecule has 0 N–H and O–H groups in total. The lowest BCUT2D eigenvalue weighted by Crippen LogP contribution is -2.47. The van der Waals surface area contributed by atoms with E-state index in [0.29, 0.717) is 6.61 Å². The maximum atomic E-state index is 12.8. The van der Waals surface area contributed by atoms with Crippen LogP contribution in [0.5, 0.6) is 0 Å². The molecule has 8 nitrogen and oxygen atoms in total. The fraction of sp³-hybridized carbons (Fsp3) is 0.542. The topological polar surface area (TPSA) is 65.0 Å². The maximum Gasteiger partial charge on any atom is 0.253 e. The molecule has 0 aliphatic carbocycles. The fourth-order valence-corrected chi connectivity index (χ4v) is 4.85. The maximum absolute atomic E-state index is 12.8. The van der Waals surface area contributed by atoms with Gasteiger partial charge in [-0.15, -0.1) is 0 Å². The van der Waals surface area contributed by atoms with Crippen molar-refractivity contribution in [2.24, 2.45) is 0 Å². The van der Waals surface area contributed by atoms with Crippen LogP contribution in [-0.4, -0.2) is 104 Å². The van der Waals surface area contributed by atoms with Gasteiger partial charge in [0, 0.05) is 76.9 Å². The Balaban J connectivity index is 1.39. The Morgan fingerprint density at radius 3 is 2.21 bits per heavy atom. The highest BCUT2D eigenvalue weighted by molar-refractivity contribution is 7.98. The minimum absolute atomic E-state index is 0.120. The first kappa shape index (κ1) is 23.9. The number of benzene rings is 1. The summed E-state index contributed by atoms with van der Waals surface area (Å²) in [5.74, 6) is 1.84. The smallest absolute Gasteiger partial charge is 0.253 e. The van der Waals surface area contributed by atoms with Gasteiger partial charge in [0.1, 0.15) is 5.82 Å². The number of rotatable bonds is 7. The van der Waals surface area contributed by atoms with Crippen LogP contribution in [0.2, 0.25) is 0 Å². The van der Waals surface area contributed by atoms with Crippen molar-refractivity contribution in [3.63, 3.8) is 0 Å². The van der Waals surface area contributed by atoms with Gasteiger partial charge in [-0.05, 0) is 31.8 Å². The monoisotopic (exact) mass is 470 g/mol. The van der Waals surface area contributed by atoms with Gasteiger partial charge in [-0.2, -0.15) is 0 Å². The molecule has 0 bridgehead atoms. The van der Waals surface area contributed by atoms with Crippen LogP contribution in [-0.2, 0) is 17.1 Å². The van der Waals surface area contributed by atoms with Gasteiger partial charge in [0.2, 0.25) is 0 Å². The minimum Gasteiger partial charge on any atom is -0.378 e. The third-order valence-corrected chi connectivity index (χ3v) is 7.14. The summed E-state index contributed by atoms with van der Waals surface area (Å²) in [5, 5.41) is 0.760. The van der Waals surface area contributed by atoms with Crippen molar-refractivity contribution >= 4 is 23.5 Å². The van der Waals surface area contributed by atoms with Crippen LogP contribution in [0.1, 0.15) is 21.6 Å². The van der Waals surface area contributed by atoms with Gasteiger partial charge in [0.25, 0.3) is 5.91 Å². The molecule has 1 amide bonds. The first-order valence-electron chi connectivity index (χ1n) is 11.5. The Hall–Kier alpha value is -2.20. The third-order valence-electron chi connectivity index (χ3n) is 6.22. The molecule has 0 spiro atoms. The molecule has 4 rings (SSSR count). The Morgan fingerprint density at radius 1 is 0.939 bits per heavy atom. The Bertz CT molecular complexity index is 925. The number of amides is 1. The highest BCUT2D eigenvalue weighted by Gasteiger charge is 2.20. The molecule has 2 aromatic rings. The summed E-state index contributed by atoms with van der Waals surface area (Å²) in [4.78, 5) is 31.1. The molecule has 9 heteroatoms. The molecule has 1 aromatic heterocycles. The van der Waals surface area contributed by atoms with E-state index in [9.17, 15) is 4.79 Å². The zero-order valence-electron chi connectivity index (χ0n) is 19.9. The van der Waals surface area contributed by atoms with Gasteiger partial charge in [-0.1, -0.05) is 23.9 Å². The van der Waals surface area contributed by atoms with Crippen LogP contribution >= 0.6 is 11.8 Å². The predicted molar refractivity (Wildman–Crippen MR) is 132 cm³/mol. The standard InChI is InChI=1S/C24H34N6O2S/c1-27-8-12-29(13-9-27)22-16-21(17-32-3)25-24(26-22)33-18-19-4-6-20(7-5-19)23(31)30-14-10-28(2)11-15-30/h4-7,16H,8-15,17-18H2,1-3H3. The Morgan fingerprint density at radius 2 is 1.58 bits per heavy atom. The molecule has 1 aromatic carbocycles. The highest BCUT2D eigenvalue weighted by Crippen LogP contribution is 2.24. The first-order chi connectivity index (χ1) is 16.0. The zero-order chi connectivity index (χ0) is 23.2. The minimum atomic E-state index is 0.120. The van der Waals surface area contributed by atoms with E-state index in [-0.39, 0.29) is 5.91 Å². The molecule has 2 fully saturated rings. The molecular formula is C24H34N6O2S. The molecule has 2 saturated heterocycles. The second-order valence-corrected chi connectivity index (χ2v) is 9.75. The highest BCUT2D eigenvalue weighted by atomic mass is 32.2. The lowest BCUT2D eigenvalue weighted by molar-refractivity contribution is 0.0664. The number of nitrogens with zero attached hydrogens (tertiary/aromatic N) is 6. The average Bonchev–Trinajstić information content (AvgIpc) is 2.84. The molecule has 178 valence electrons. The van der Waals surface area contributed by atoms with E-state index < -0.39 is 0 Å². The fourth-order valence-electron chi connectivity index (χ4n) is 4.03. The summed E-state index contributed by atoms with van der Waals surface area (Å²) in [6, 6.07) is 9.99. The Kier molecular flexibility index (Phi) is 8.19. The van der Waals surface area contributed by atoms with Crippen molar-refractivity contribution in [3.05, 3.63) is 47.2 Å². The van der Waals surface area contributed by atoms with Crippen LogP contribution in [0, 0.1) is 0 Å². The molecule has 3 heterocycles. The lowest BCUT2D eigenvalue weighted by Gasteiger charge is -2.33. The molecule has 0 atom stereocenters. The van der Waals surface area contributed by atoms with E-state index in [1.54, 1.807) is 18.9 Å². The molecule has 0 radical (unpaired) electrons. The van der Waals surface area contributed by atoms with E-state index in [1.807, 2.05) is 35.2 Å². The van der Waals surface area contributed by atoms with Gasteiger partial charge in [0.05, 0.1) is 12.3 Å². The van der Waals surface area contributed by atoms with Crippen LogP contribution in [0.4, 0.5) is 5.82 Å². The summed E-state index contributed by atoms with van der Waals surface area (Å²) in [5.41, 5.74) is 2.80. The molecule has 0 unspecified atom stereocenters. The van der Waals surface area contributed by atoms with E-state index in [1.165, 1.54) is 0 Å². The molecular weight excluding hydrogens is 436 g/mol. The quantitative estimate of drug-likeness (QED) is 0.450. The summed E-state index contributed by atoms with van der Waals surface area (Å²) in [7, 11) is 5.94. The first-order valence-corrected chi connectivity index (χ1v) is 12.5. The predicted octanol–water partition coefficient (Wildman–Crippen LogP) is 2.05. The molecule has 0 saturated carbocycles. The number of anilines is 1. The van der Waals surface area contributed by atoms with Gasteiger partial charge < -0.3 is 24.3 Å². The summed E-state index contributed by atoms with van der Waals surface area (Å²) in [6.07, 6.45) is 0. The van der Waals surface area contributed by atoms with E-state index in [0.717, 1.165) is 85.9 Å². The number of carbonyl (C=O) groups excluding carboxylic acids is 1. The SMILES string of the molecule is COCc1cc(N2CCN(C)CC2)nc(SCc2ccc(C(=O)N3CCN(C)CC3)cc2)n1. The summed E-state index contributed by atoms with van der Waals surface area (Å²) < 4.78 is 5.33. The van der Waals surface area contributed by atoms with E-state index in [4.69, 9.17) is 9.72 Å². The van der Waals surface area contributed by atoms with Crippen molar-refractivity contribution in [2.75, 3.05) is 78.5 Å². The number of aromatic nitrogens is 2. The van der Waals surface area contributed by atoms with Crippen molar-refractivity contribution in [2.45, 2.75) is 17.5 Å². The Labute approximate surface area is 200 Å². The van der Waals surface area contributed by atoms with Crippen molar-refractivity contribution in [1.82, 2.24) is 24.7 Å². The van der Waals surface area contributed by atoms with Gasteiger partial charge in [-0.3, -0.25) is 4.79 Å². The normalized spacial score (nSPS) is 18.0. The number of likely N-dealkylation sites (N-methyl/N-ethyl adjacent to an activating group) is 2. The van der Waals surface area contributed by atoms with Crippen LogP contribution in [0.25, 0.3) is 0 Å². The van der Waals surface area contributed by atoms with Gasteiger partial charge in [-0.25, -0.2) is 9.97 Å². The summed E-state index contributed by atoms with van der Waals surface area (Å²) in [6.45, 7) is 7.91. The number of carbonyl (C=O) groups is 1. The van der Waals surface area contributed by atoms with Gasteiger partial charge in [0.15, 0.2) is 5.16 Å². The zero-order valence-corrected chi connectivity index (χ0v) is 20.7. The van der Waals surface area contributed by atoms with Crippen molar-refractivity contribution < 1.29 is 9.53 Å². The number of hydrogen-bond acceptors (Lipinski definition) is 8. The van der Waals surface area contributed by atoms with Crippen LogP contribution in [0.3, 0.4) is 0 Å². The molecule has 33 heavy (non-hydrogen) atoms. The second kappa shape index (κ2) is 11.3. The van der Waals surface area contributed by atoms with Gasteiger partial charge >= 0.3 is 0 Å². The number of thioether (sulfide) groups is 1. The molecule has 2 aliphatic heterocycles. The number of methoxy groups -OCH3 is 1.